The van der Waals surface area contributed by atoms with Gasteiger partial charge in [0.2, 0.25) is 0 Å². The molecule has 0 N–H and O–H groups in total. The lowest BCUT2D eigenvalue weighted by molar-refractivity contribution is -0.674. The van der Waals surface area contributed by atoms with Crippen LogP contribution in [0.1, 0.15) is 16.8 Å². The molecule has 1 heterocycles. The number of anilines is 1. The van der Waals surface area contributed by atoms with Crippen molar-refractivity contribution in [3.8, 4) is 6.07 Å². The second-order valence-electron chi connectivity index (χ2n) is 4.89. The highest BCUT2D eigenvalue weighted by Crippen LogP contribution is 2.14. The monoisotopic (exact) mass is 391 g/mol. The van der Waals surface area contributed by atoms with Crippen LogP contribution < -0.4 is 33.4 Å². The number of hydrogen-bond acceptors (Lipinski definition) is 2. The molecule has 0 aliphatic rings. The summed E-state index contributed by atoms with van der Waals surface area (Å²) in [5, 5.41) is 9.01. The third kappa shape index (κ3) is 4.57. The summed E-state index contributed by atoms with van der Waals surface area (Å²) in [5.41, 5.74) is 3.99. The summed E-state index contributed by atoms with van der Waals surface area (Å²) in [6.07, 6.45) is 5.97. The molecule has 21 heavy (non-hydrogen) atoms. The average molecular weight is 391 g/mol. The van der Waals surface area contributed by atoms with Crippen LogP contribution in [-0.2, 0) is 7.05 Å². The van der Waals surface area contributed by atoms with Crippen molar-refractivity contribution in [3.05, 3.63) is 59.4 Å². The molecule has 0 aliphatic heterocycles. The Labute approximate surface area is 143 Å². The van der Waals surface area contributed by atoms with Crippen molar-refractivity contribution in [2.45, 2.75) is 0 Å². The van der Waals surface area contributed by atoms with E-state index >= 15 is 0 Å². The first-order chi connectivity index (χ1) is 9.60. The standard InChI is InChI=1S/C17H18N3.HI/c1-19(2)16-8-6-14(7-9-16)4-5-15-10-11-20(3)17(12-15)13-18;/h4-12H,1-3H3;1H/q+1;/p-1. The van der Waals surface area contributed by atoms with Crippen molar-refractivity contribution in [3.63, 3.8) is 0 Å². The largest absolute Gasteiger partial charge is 1.00 e. The first kappa shape index (κ1) is 17.2. The highest BCUT2D eigenvalue weighted by atomic mass is 127. The summed E-state index contributed by atoms with van der Waals surface area (Å²) in [7, 11) is 5.92. The molecule has 2 aromatic rings. The van der Waals surface area contributed by atoms with Gasteiger partial charge in [-0.1, -0.05) is 24.3 Å². The van der Waals surface area contributed by atoms with Gasteiger partial charge in [-0.2, -0.15) is 9.83 Å². The van der Waals surface area contributed by atoms with Crippen molar-refractivity contribution in [1.82, 2.24) is 0 Å². The smallest absolute Gasteiger partial charge is 0.283 e. The molecular formula is C17H18IN3. The summed E-state index contributed by atoms with van der Waals surface area (Å²) < 4.78 is 1.81. The van der Waals surface area contributed by atoms with Crippen LogP contribution in [0.25, 0.3) is 12.2 Å². The van der Waals surface area contributed by atoms with E-state index in [-0.39, 0.29) is 24.0 Å². The summed E-state index contributed by atoms with van der Waals surface area (Å²) in [5.74, 6) is 0. The van der Waals surface area contributed by atoms with E-state index < -0.39 is 0 Å². The lowest BCUT2D eigenvalue weighted by Crippen LogP contribution is -3.00. The van der Waals surface area contributed by atoms with E-state index in [1.165, 1.54) is 5.69 Å². The van der Waals surface area contributed by atoms with Crippen molar-refractivity contribution < 1.29 is 28.5 Å². The number of rotatable bonds is 3. The van der Waals surface area contributed by atoms with Crippen molar-refractivity contribution >= 4 is 17.8 Å². The first-order valence-electron chi connectivity index (χ1n) is 6.45. The molecule has 0 bridgehead atoms. The Morgan fingerprint density at radius 3 is 2.24 bits per heavy atom. The molecule has 0 saturated heterocycles. The number of halogens is 1. The number of benzene rings is 1. The number of hydrogen-bond donors (Lipinski definition) is 0. The van der Waals surface area contributed by atoms with Crippen LogP contribution >= 0.6 is 0 Å². The maximum Gasteiger partial charge on any atom is 0.283 e. The van der Waals surface area contributed by atoms with Gasteiger partial charge in [0, 0.05) is 31.9 Å². The molecule has 3 nitrogen and oxygen atoms in total. The zero-order valence-corrected chi connectivity index (χ0v) is 14.6. The molecule has 108 valence electrons. The molecule has 2 rings (SSSR count). The average Bonchev–Trinajstić information content (AvgIpc) is 2.46. The number of pyridine rings is 1. The van der Waals surface area contributed by atoms with Gasteiger partial charge in [0.15, 0.2) is 12.3 Å². The van der Waals surface area contributed by atoms with E-state index in [1.54, 1.807) is 0 Å². The fraction of sp³-hybridized carbons (Fsp3) is 0.176. The summed E-state index contributed by atoms with van der Waals surface area (Å²) in [4.78, 5) is 2.07. The Morgan fingerprint density at radius 2 is 1.67 bits per heavy atom. The third-order valence-corrected chi connectivity index (χ3v) is 3.17. The van der Waals surface area contributed by atoms with Crippen LogP contribution in [0.3, 0.4) is 0 Å². The van der Waals surface area contributed by atoms with E-state index in [4.69, 9.17) is 5.26 Å². The van der Waals surface area contributed by atoms with Crippen molar-refractivity contribution in [1.29, 1.82) is 5.26 Å². The fourth-order valence-corrected chi connectivity index (χ4v) is 1.88. The van der Waals surface area contributed by atoms with Crippen LogP contribution in [0.5, 0.6) is 0 Å². The second-order valence-corrected chi connectivity index (χ2v) is 4.89. The molecule has 0 amide bonds. The summed E-state index contributed by atoms with van der Waals surface area (Å²) in [6, 6.07) is 14.4. The van der Waals surface area contributed by atoms with Gasteiger partial charge in [-0.15, -0.1) is 0 Å². The molecule has 0 fully saturated rings. The molecule has 0 atom stereocenters. The van der Waals surface area contributed by atoms with Gasteiger partial charge >= 0.3 is 0 Å². The Bertz CT molecular complexity index is 667. The normalized spacial score (nSPS) is 10.0. The Morgan fingerprint density at radius 1 is 1.05 bits per heavy atom. The summed E-state index contributed by atoms with van der Waals surface area (Å²) in [6.45, 7) is 0. The van der Waals surface area contributed by atoms with Crippen molar-refractivity contribution in [2.24, 2.45) is 7.05 Å². The number of nitriles is 1. The zero-order valence-electron chi connectivity index (χ0n) is 12.4. The number of aryl methyl sites for hydroxylation is 1. The van der Waals surface area contributed by atoms with E-state index in [9.17, 15) is 0 Å². The quantitative estimate of drug-likeness (QED) is 0.528. The third-order valence-electron chi connectivity index (χ3n) is 3.17. The van der Waals surface area contributed by atoms with Gasteiger partial charge < -0.3 is 28.9 Å². The van der Waals surface area contributed by atoms with Gasteiger partial charge in [0.25, 0.3) is 5.69 Å². The number of aromatic nitrogens is 1. The molecule has 0 unspecified atom stereocenters. The molecular weight excluding hydrogens is 373 g/mol. The zero-order chi connectivity index (χ0) is 14.5. The molecule has 1 aromatic heterocycles. The van der Waals surface area contributed by atoms with Gasteiger partial charge in [0.05, 0.1) is 0 Å². The maximum absolute atomic E-state index is 9.01. The number of nitrogens with zero attached hydrogens (tertiary/aromatic N) is 3. The minimum Gasteiger partial charge on any atom is -1.00 e. The van der Waals surface area contributed by atoms with Gasteiger partial charge in [-0.25, -0.2) is 0 Å². The van der Waals surface area contributed by atoms with E-state index in [0.29, 0.717) is 5.69 Å². The molecule has 0 spiro atoms. The topological polar surface area (TPSA) is 30.9 Å². The SMILES string of the molecule is CN(C)c1ccc(/C=C/c2cc[n+](C)c(C#N)c2)cc1.[I-]. The van der Waals surface area contributed by atoms with Gasteiger partial charge in [-0.3, -0.25) is 0 Å². The highest BCUT2D eigenvalue weighted by molar-refractivity contribution is 5.70. The molecule has 0 radical (unpaired) electrons. The van der Waals surface area contributed by atoms with Crippen LogP contribution in [0.15, 0.2) is 42.6 Å². The van der Waals surface area contributed by atoms with Crippen LogP contribution in [0.2, 0.25) is 0 Å². The van der Waals surface area contributed by atoms with Gasteiger partial charge in [-0.05, 0) is 23.3 Å². The first-order valence-corrected chi connectivity index (χ1v) is 6.45. The minimum absolute atomic E-state index is 0. The predicted molar refractivity (Wildman–Crippen MR) is 82.0 cm³/mol. The van der Waals surface area contributed by atoms with Crippen LogP contribution in [0, 0.1) is 11.3 Å². The predicted octanol–water partition coefficient (Wildman–Crippen LogP) is -0.377. The Hall–Kier alpha value is -1.87. The van der Waals surface area contributed by atoms with Crippen LogP contribution in [0.4, 0.5) is 5.69 Å². The van der Waals surface area contributed by atoms with E-state index in [2.05, 4.69) is 41.3 Å². The van der Waals surface area contributed by atoms with E-state index in [1.807, 2.05) is 50.1 Å². The Kier molecular flexibility index (Phi) is 6.38. The van der Waals surface area contributed by atoms with Gasteiger partial charge in [0.1, 0.15) is 7.05 Å². The molecule has 0 saturated carbocycles. The van der Waals surface area contributed by atoms with Crippen LogP contribution in [-0.4, -0.2) is 14.1 Å². The second kappa shape index (κ2) is 7.79. The lowest BCUT2D eigenvalue weighted by atomic mass is 10.1. The lowest BCUT2D eigenvalue weighted by Gasteiger charge is -2.11. The minimum atomic E-state index is 0. The molecule has 1 aromatic carbocycles. The van der Waals surface area contributed by atoms with Crippen molar-refractivity contribution in [2.75, 3.05) is 19.0 Å². The Balaban J connectivity index is 0.00000220. The summed E-state index contributed by atoms with van der Waals surface area (Å²) >= 11 is 0. The maximum atomic E-state index is 9.01. The molecule has 4 heteroatoms. The molecule has 0 aliphatic carbocycles. The van der Waals surface area contributed by atoms with E-state index in [0.717, 1.165) is 11.1 Å². The highest BCUT2D eigenvalue weighted by Gasteiger charge is 2.04. The fourth-order valence-electron chi connectivity index (χ4n) is 1.88.